The Hall–Kier alpha value is -3.99. The molecule has 0 saturated carbocycles. The molecule has 0 bridgehead atoms. The summed E-state index contributed by atoms with van der Waals surface area (Å²) >= 11 is 0. The molecule has 1 amide bonds. The van der Waals surface area contributed by atoms with Crippen LogP contribution in [0.1, 0.15) is 22.0 Å². The molecule has 0 fully saturated rings. The molecule has 0 radical (unpaired) electrons. The summed E-state index contributed by atoms with van der Waals surface area (Å²) in [4.78, 5) is 37.9. The summed E-state index contributed by atoms with van der Waals surface area (Å²) in [5.41, 5.74) is 0.856. The zero-order chi connectivity index (χ0) is 18.7. The number of rotatable bonds is 5. The molecular weight excluding hydrogens is 336 g/mol. The van der Waals surface area contributed by atoms with Crippen LogP contribution in [0, 0.1) is 21.4 Å². The predicted octanol–water partition coefficient (Wildman–Crippen LogP) is 2.64. The van der Waals surface area contributed by atoms with Gasteiger partial charge in [-0.15, -0.1) is 0 Å². The van der Waals surface area contributed by atoms with Crippen molar-refractivity contribution in [3.05, 3.63) is 76.0 Å². The van der Waals surface area contributed by atoms with Gasteiger partial charge in [0.1, 0.15) is 6.04 Å². The van der Waals surface area contributed by atoms with E-state index in [1.807, 2.05) is 6.07 Å². The molecule has 3 rings (SSSR count). The number of Topliss-reactive ketones (excluding diaryl/α,β-unsaturated/α-hetero) is 1. The third kappa shape index (κ3) is 3.14. The second kappa shape index (κ2) is 6.86. The van der Waals surface area contributed by atoms with E-state index in [0.29, 0.717) is 11.1 Å². The average Bonchev–Trinajstić information content (AvgIpc) is 3.09. The fourth-order valence-corrected chi connectivity index (χ4v) is 2.56. The number of benzene rings is 2. The maximum absolute atomic E-state index is 12.5. The number of fused-ring (bicyclic) bond motifs is 1. The SMILES string of the molecule is N#C[C@@H](NC(=O)C(=O)c1c[nH]c2ccc([N+](=O)[O-])cc12)c1ccccc1. The van der Waals surface area contributed by atoms with Crippen LogP contribution >= 0.6 is 0 Å². The van der Waals surface area contributed by atoms with E-state index in [1.54, 1.807) is 30.3 Å². The molecule has 8 heteroatoms. The Kier molecular flexibility index (Phi) is 4.45. The van der Waals surface area contributed by atoms with Gasteiger partial charge in [-0.1, -0.05) is 30.3 Å². The molecule has 0 aliphatic rings. The van der Waals surface area contributed by atoms with Gasteiger partial charge >= 0.3 is 0 Å². The molecule has 0 spiro atoms. The molecule has 128 valence electrons. The van der Waals surface area contributed by atoms with Crippen LogP contribution in [-0.4, -0.2) is 21.6 Å². The van der Waals surface area contributed by atoms with Crippen LogP contribution in [0.5, 0.6) is 0 Å². The predicted molar refractivity (Wildman–Crippen MR) is 92.2 cm³/mol. The number of H-pyrrole nitrogens is 1. The van der Waals surface area contributed by atoms with Crippen molar-refractivity contribution in [1.82, 2.24) is 10.3 Å². The molecule has 1 aromatic heterocycles. The quantitative estimate of drug-likeness (QED) is 0.317. The van der Waals surface area contributed by atoms with Crippen molar-refractivity contribution in [2.45, 2.75) is 6.04 Å². The van der Waals surface area contributed by atoms with Crippen molar-refractivity contribution in [2.75, 3.05) is 0 Å². The Bertz CT molecular complexity index is 1050. The van der Waals surface area contributed by atoms with Crippen molar-refractivity contribution in [1.29, 1.82) is 5.26 Å². The monoisotopic (exact) mass is 348 g/mol. The number of aromatic amines is 1. The smallest absolute Gasteiger partial charge is 0.293 e. The number of amides is 1. The van der Waals surface area contributed by atoms with Crippen LogP contribution in [0.2, 0.25) is 0 Å². The van der Waals surface area contributed by atoms with Crippen molar-refractivity contribution >= 4 is 28.3 Å². The summed E-state index contributed by atoms with van der Waals surface area (Å²) in [6.07, 6.45) is 1.32. The molecule has 26 heavy (non-hydrogen) atoms. The first-order valence-electron chi connectivity index (χ1n) is 7.56. The first-order valence-corrected chi connectivity index (χ1v) is 7.56. The van der Waals surface area contributed by atoms with E-state index in [9.17, 15) is 25.0 Å². The van der Waals surface area contributed by atoms with E-state index >= 15 is 0 Å². The standard InChI is InChI=1S/C18H12N4O4/c19-9-16(11-4-2-1-3-5-11)21-18(24)17(23)14-10-20-15-7-6-12(22(25)26)8-13(14)15/h1-8,10,16,20H,(H,21,24)/t16-/m1/s1. The van der Waals surface area contributed by atoms with Gasteiger partial charge in [0.05, 0.1) is 16.6 Å². The molecule has 2 aromatic carbocycles. The summed E-state index contributed by atoms with van der Waals surface area (Å²) in [6.45, 7) is 0. The number of ketones is 1. The zero-order valence-electron chi connectivity index (χ0n) is 13.3. The van der Waals surface area contributed by atoms with Gasteiger partial charge in [0.2, 0.25) is 0 Å². The number of nitrogens with one attached hydrogen (secondary N) is 2. The molecule has 0 aliphatic heterocycles. The van der Waals surface area contributed by atoms with Crippen LogP contribution in [0.4, 0.5) is 5.69 Å². The molecule has 0 saturated heterocycles. The lowest BCUT2D eigenvalue weighted by molar-refractivity contribution is -0.384. The van der Waals surface area contributed by atoms with Gasteiger partial charge in [-0.25, -0.2) is 0 Å². The van der Waals surface area contributed by atoms with Crippen molar-refractivity contribution < 1.29 is 14.5 Å². The van der Waals surface area contributed by atoms with E-state index in [-0.39, 0.29) is 16.6 Å². The molecule has 3 aromatic rings. The third-order valence-corrected chi connectivity index (χ3v) is 3.86. The Balaban J connectivity index is 1.88. The van der Waals surface area contributed by atoms with Gasteiger partial charge in [-0.3, -0.25) is 19.7 Å². The van der Waals surface area contributed by atoms with Crippen molar-refractivity contribution in [3.8, 4) is 6.07 Å². The zero-order valence-corrected chi connectivity index (χ0v) is 13.3. The van der Waals surface area contributed by atoms with Crippen LogP contribution in [-0.2, 0) is 4.79 Å². The number of nitro benzene ring substituents is 1. The minimum absolute atomic E-state index is 0.00551. The molecule has 8 nitrogen and oxygen atoms in total. The van der Waals surface area contributed by atoms with Gasteiger partial charge in [-0.05, 0) is 11.6 Å². The van der Waals surface area contributed by atoms with Gasteiger partial charge in [0, 0.05) is 29.2 Å². The highest BCUT2D eigenvalue weighted by molar-refractivity contribution is 6.45. The Morgan fingerprint density at radius 3 is 2.58 bits per heavy atom. The van der Waals surface area contributed by atoms with Crippen LogP contribution in [0.25, 0.3) is 10.9 Å². The number of non-ortho nitro benzene ring substituents is 1. The molecular formula is C18H12N4O4. The first kappa shape index (κ1) is 16.9. The second-order valence-electron chi connectivity index (χ2n) is 5.46. The first-order chi connectivity index (χ1) is 12.5. The summed E-state index contributed by atoms with van der Waals surface area (Å²) in [5.74, 6) is -1.85. The third-order valence-electron chi connectivity index (χ3n) is 3.86. The van der Waals surface area contributed by atoms with Crippen LogP contribution in [0.15, 0.2) is 54.7 Å². The summed E-state index contributed by atoms with van der Waals surface area (Å²) < 4.78 is 0. The van der Waals surface area contributed by atoms with E-state index in [1.165, 1.54) is 24.4 Å². The topological polar surface area (TPSA) is 129 Å². The lowest BCUT2D eigenvalue weighted by Gasteiger charge is -2.11. The van der Waals surface area contributed by atoms with Gasteiger partial charge in [0.15, 0.2) is 0 Å². The summed E-state index contributed by atoms with van der Waals surface area (Å²) in [7, 11) is 0. The molecule has 2 N–H and O–H groups in total. The van der Waals surface area contributed by atoms with E-state index < -0.39 is 22.7 Å². The highest BCUT2D eigenvalue weighted by atomic mass is 16.6. The fraction of sp³-hybridized carbons (Fsp3) is 0.0556. The van der Waals surface area contributed by atoms with Gasteiger partial charge in [-0.2, -0.15) is 5.26 Å². The number of hydrogen-bond acceptors (Lipinski definition) is 5. The lowest BCUT2D eigenvalue weighted by Crippen LogP contribution is -2.33. The normalized spacial score (nSPS) is 11.5. The van der Waals surface area contributed by atoms with E-state index in [4.69, 9.17) is 0 Å². The second-order valence-corrected chi connectivity index (χ2v) is 5.46. The van der Waals surface area contributed by atoms with E-state index in [2.05, 4.69) is 10.3 Å². The number of carbonyl (C=O) groups excluding carboxylic acids is 2. The summed E-state index contributed by atoms with van der Waals surface area (Å²) in [6, 6.07) is 13.5. The number of nitro groups is 1. The number of hydrogen-bond donors (Lipinski definition) is 2. The van der Waals surface area contributed by atoms with Crippen LogP contribution < -0.4 is 5.32 Å². The van der Waals surface area contributed by atoms with Crippen LogP contribution in [0.3, 0.4) is 0 Å². The van der Waals surface area contributed by atoms with Crippen molar-refractivity contribution in [3.63, 3.8) is 0 Å². The fourth-order valence-electron chi connectivity index (χ4n) is 2.56. The minimum atomic E-state index is -0.979. The molecule has 1 atom stereocenters. The Morgan fingerprint density at radius 2 is 1.92 bits per heavy atom. The molecule has 0 aliphatic carbocycles. The molecule has 0 unspecified atom stereocenters. The Labute approximate surface area is 147 Å². The Morgan fingerprint density at radius 1 is 1.19 bits per heavy atom. The van der Waals surface area contributed by atoms with Gasteiger partial charge in [0.25, 0.3) is 17.4 Å². The van der Waals surface area contributed by atoms with Gasteiger partial charge < -0.3 is 10.3 Å². The lowest BCUT2D eigenvalue weighted by atomic mass is 10.1. The molecule has 1 heterocycles. The number of aromatic nitrogens is 1. The maximum Gasteiger partial charge on any atom is 0.293 e. The number of nitrogens with zero attached hydrogens (tertiary/aromatic N) is 2. The highest BCUT2D eigenvalue weighted by Crippen LogP contribution is 2.24. The van der Waals surface area contributed by atoms with Crippen molar-refractivity contribution in [2.24, 2.45) is 0 Å². The van der Waals surface area contributed by atoms with E-state index in [0.717, 1.165) is 0 Å². The number of carbonyl (C=O) groups is 2. The maximum atomic E-state index is 12.5. The minimum Gasteiger partial charge on any atom is -0.360 e. The highest BCUT2D eigenvalue weighted by Gasteiger charge is 2.24. The average molecular weight is 348 g/mol. The number of nitriles is 1. The summed E-state index contributed by atoms with van der Waals surface area (Å²) in [5, 5.41) is 22.8. The largest absolute Gasteiger partial charge is 0.360 e.